The quantitative estimate of drug-likeness (QED) is 0.255. The van der Waals surface area contributed by atoms with Gasteiger partial charge in [-0.05, 0) is 80.3 Å². The topological polar surface area (TPSA) is 115 Å². The second kappa shape index (κ2) is 13.9. The van der Waals surface area contributed by atoms with Crippen LogP contribution in [0.25, 0.3) is 5.69 Å². The van der Waals surface area contributed by atoms with Crippen LogP contribution in [0.4, 0.5) is 16.3 Å². The molecule has 1 aromatic heterocycles. The van der Waals surface area contributed by atoms with Crippen molar-refractivity contribution in [3.63, 3.8) is 0 Å². The van der Waals surface area contributed by atoms with Gasteiger partial charge in [-0.1, -0.05) is 68.8 Å². The Morgan fingerprint density at radius 1 is 1.00 bits per heavy atom. The summed E-state index contributed by atoms with van der Waals surface area (Å²) in [7, 11) is -3.81. The van der Waals surface area contributed by atoms with Crippen LogP contribution < -0.4 is 10.6 Å². The van der Waals surface area contributed by atoms with Crippen molar-refractivity contribution in [2.75, 3.05) is 23.7 Å². The second-order valence-electron chi connectivity index (χ2n) is 13.6. The summed E-state index contributed by atoms with van der Waals surface area (Å²) < 4.78 is 41.2. The van der Waals surface area contributed by atoms with Gasteiger partial charge in [-0.25, -0.2) is 17.9 Å². The lowest BCUT2D eigenvalue weighted by Gasteiger charge is -2.32. The number of nitrogens with one attached hydrogen (secondary N) is 2. The summed E-state index contributed by atoms with van der Waals surface area (Å²) >= 11 is 0. The monoisotopic (exact) mass is 669 g/mol. The van der Waals surface area contributed by atoms with E-state index in [2.05, 4.69) is 37.5 Å². The van der Waals surface area contributed by atoms with Gasteiger partial charge in [-0.15, -0.1) is 0 Å². The maximum Gasteiger partial charge on any atom is 0.324 e. The number of allylic oxidation sites excluding steroid dienone is 4. The van der Waals surface area contributed by atoms with Crippen LogP contribution in [0.15, 0.2) is 102 Å². The van der Waals surface area contributed by atoms with E-state index in [1.54, 1.807) is 4.68 Å². The first-order valence-electron chi connectivity index (χ1n) is 16.4. The molecular formula is C37H43N5O5S. The molecule has 6 rings (SSSR count). The van der Waals surface area contributed by atoms with Crippen LogP contribution >= 0.6 is 0 Å². The second-order valence-corrected chi connectivity index (χ2v) is 15.4. The Balaban J connectivity index is 1.02. The van der Waals surface area contributed by atoms with E-state index in [0.29, 0.717) is 36.3 Å². The Morgan fingerprint density at radius 3 is 2.40 bits per heavy atom. The number of anilines is 2. The van der Waals surface area contributed by atoms with Crippen molar-refractivity contribution in [1.82, 2.24) is 14.1 Å². The average molecular weight is 670 g/mol. The van der Waals surface area contributed by atoms with E-state index in [1.165, 1.54) is 16.8 Å². The highest BCUT2D eigenvalue weighted by atomic mass is 32.2. The summed E-state index contributed by atoms with van der Waals surface area (Å²) in [5, 5.41) is 10.5. The van der Waals surface area contributed by atoms with Crippen LogP contribution in [0, 0.1) is 12.8 Å². The zero-order valence-corrected chi connectivity index (χ0v) is 28.7. The fourth-order valence-electron chi connectivity index (χ4n) is 5.91. The number of hydrogen-bond donors (Lipinski definition) is 2. The molecule has 1 saturated heterocycles. The van der Waals surface area contributed by atoms with Gasteiger partial charge >= 0.3 is 6.03 Å². The first kappa shape index (κ1) is 33.3. The summed E-state index contributed by atoms with van der Waals surface area (Å²) in [6.45, 7) is 9.12. The molecule has 48 heavy (non-hydrogen) atoms. The third-order valence-corrected chi connectivity index (χ3v) is 10.5. The number of nitrogens with zero attached hydrogens (tertiary/aromatic N) is 3. The number of piperidine rings is 1. The van der Waals surface area contributed by atoms with E-state index >= 15 is 0 Å². The van der Waals surface area contributed by atoms with Gasteiger partial charge in [0, 0.05) is 30.3 Å². The van der Waals surface area contributed by atoms with E-state index in [4.69, 9.17) is 14.6 Å². The zero-order valence-electron chi connectivity index (χ0n) is 27.9. The minimum Gasteiger partial charge on any atom is -0.464 e. The Labute approximate surface area is 282 Å². The largest absolute Gasteiger partial charge is 0.464 e. The summed E-state index contributed by atoms with van der Waals surface area (Å²) in [5.41, 5.74) is 5.41. The molecule has 1 fully saturated rings. The first-order chi connectivity index (χ1) is 23.0. The molecule has 3 aromatic rings. The Bertz CT molecular complexity index is 1870. The Hall–Kier alpha value is -4.61. The molecule has 2 aliphatic heterocycles. The van der Waals surface area contributed by atoms with Gasteiger partial charge in [0.2, 0.25) is 0 Å². The van der Waals surface area contributed by atoms with Gasteiger partial charge in [-0.2, -0.15) is 9.40 Å². The van der Waals surface area contributed by atoms with Crippen LogP contribution in [0.5, 0.6) is 0 Å². The van der Waals surface area contributed by atoms with E-state index in [-0.39, 0.29) is 16.5 Å². The van der Waals surface area contributed by atoms with E-state index in [9.17, 15) is 13.2 Å². The molecule has 0 radical (unpaired) electrons. The fourth-order valence-corrected chi connectivity index (χ4v) is 7.23. The van der Waals surface area contributed by atoms with Gasteiger partial charge in [0.05, 0.1) is 11.4 Å². The Morgan fingerprint density at radius 2 is 1.73 bits per heavy atom. The highest BCUT2D eigenvalue weighted by molar-refractivity contribution is 7.92. The summed E-state index contributed by atoms with van der Waals surface area (Å²) in [5.74, 6) is 1.36. The third kappa shape index (κ3) is 7.74. The van der Waals surface area contributed by atoms with Crippen LogP contribution in [0.3, 0.4) is 0 Å². The average Bonchev–Trinajstić information content (AvgIpc) is 3.51. The van der Waals surface area contributed by atoms with Crippen molar-refractivity contribution in [2.24, 2.45) is 5.92 Å². The molecule has 2 N–H and O–H groups in total. The molecule has 0 bridgehead atoms. The van der Waals surface area contributed by atoms with E-state index in [1.807, 2.05) is 73.7 Å². The highest BCUT2D eigenvalue weighted by Crippen LogP contribution is 2.32. The number of sulfonamides is 1. The van der Waals surface area contributed by atoms with E-state index in [0.717, 1.165) is 60.2 Å². The molecule has 1 aliphatic carbocycles. The number of aryl methyl sites for hydroxylation is 1. The van der Waals surface area contributed by atoms with Gasteiger partial charge in [0.15, 0.2) is 5.76 Å². The van der Waals surface area contributed by atoms with Crippen LogP contribution in [0.2, 0.25) is 0 Å². The van der Waals surface area contributed by atoms with Crippen LogP contribution in [0.1, 0.15) is 63.3 Å². The van der Waals surface area contributed by atoms with Crippen LogP contribution in [-0.2, 0) is 31.3 Å². The van der Waals surface area contributed by atoms with Crippen molar-refractivity contribution < 1.29 is 22.7 Å². The molecule has 0 saturated carbocycles. The van der Waals surface area contributed by atoms with Crippen molar-refractivity contribution in [3.05, 3.63) is 119 Å². The van der Waals surface area contributed by atoms with Gasteiger partial charge in [0.25, 0.3) is 15.1 Å². The molecule has 0 spiro atoms. The molecule has 3 heterocycles. The number of hydrogen-bond acceptors (Lipinski definition) is 6. The maximum atomic E-state index is 13.4. The maximum absolute atomic E-state index is 13.4. The van der Waals surface area contributed by atoms with Gasteiger partial charge in [-0.3, -0.25) is 5.32 Å². The number of aromatic nitrogens is 2. The van der Waals surface area contributed by atoms with E-state index < -0.39 is 10.0 Å². The molecule has 2 aromatic carbocycles. The van der Waals surface area contributed by atoms with Crippen molar-refractivity contribution in [1.29, 1.82) is 0 Å². The molecule has 0 unspecified atom stereocenters. The predicted octanol–water partition coefficient (Wildman–Crippen LogP) is 7.67. The number of ether oxygens (including phenoxy) is 2. The fraction of sp³-hybridized carbons (Fsp3) is 0.351. The lowest BCUT2D eigenvalue weighted by Crippen LogP contribution is -2.40. The third-order valence-electron chi connectivity index (χ3n) is 8.78. The highest BCUT2D eigenvalue weighted by Gasteiger charge is 2.35. The smallest absolute Gasteiger partial charge is 0.324 e. The number of rotatable bonds is 8. The molecule has 2 amide bonds. The predicted molar refractivity (Wildman–Crippen MR) is 188 cm³/mol. The van der Waals surface area contributed by atoms with Crippen molar-refractivity contribution in [2.45, 2.75) is 65.2 Å². The minimum absolute atomic E-state index is 0.171. The summed E-state index contributed by atoms with van der Waals surface area (Å²) in [6.07, 6.45) is 12.5. The van der Waals surface area contributed by atoms with Crippen LogP contribution in [-0.4, -0.2) is 41.6 Å². The molecule has 3 aliphatic rings. The standard InChI is InChI=1S/C37H43N5O5S/c1-26-10-16-31(17-11-26)42-34(23-33(40-42)37(2,3)4)39-36(43)38-30-14-12-27(13-15-30)22-28-18-20-41(21-19-28)48(44,45)35-25-46-24-32(47-35)29-8-6-5-7-9-29/h5-6,8,10-17,23-25,28H,7,9,18-22H2,1-4H3,(H2,38,39,43). The van der Waals surface area contributed by atoms with Crippen molar-refractivity contribution in [3.8, 4) is 5.69 Å². The Kier molecular flexibility index (Phi) is 9.61. The zero-order chi connectivity index (χ0) is 33.9. The lowest BCUT2D eigenvalue weighted by molar-refractivity contribution is 0.233. The summed E-state index contributed by atoms with van der Waals surface area (Å²) in [6, 6.07) is 17.4. The normalized spacial score (nSPS) is 17.5. The lowest BCUT2D eigenvalue weighted by atomic mass is 9.91. The molecule has 0 atom stereocenters. The number of carbonyl (C=O) groups excluding carboxylic acids is 1. The number of amides is 2. The number of urea groups is 1. The minimum atomic E-state index is -3.81. The molecular weight excluding hydrogens is 627 g/mol. The molecule has 10 nitrogen and oxygen atoms in total. The van der Waals surface area contributed by atoms with Gasteiger partial charge < -0.3 is 14.8 Å². The number of benzene rings is 2. The number of carbonyl (C=O) groups is 1. The van der Waals surface area contributed by atoms with Crippen molar-refractivity contribution >= 4 is 27.6 Å². The summed E-state index contributed by atoms with van der Waals surface area (Å²) in [4.78, 5) is 13.1. The first-order valence-corrected chi connectivity index (χ1v) is 17.8. The SMILES string of the molecule is Cc1ccc(-n2nc(C(C)(C)C)cc2NC(=O)Nc2ccc(CC3CCN(S(=O)(=O)C4=COC=C(C5=CC=CCC5)O4)CC3)cc2)cc1. The molecule has 11 heteroatoms. The molecule has 252 valence electrons. The van der Waals surface area contributed by atoms with Gasteiger partial charge in [0.1, 0.15) is 18.3 Å².